The fourth-order valence-corrected chi connectivity index (χ4v) is 5.68. The smallest absolute Gasteiger partial charge is 0.290 e. The summed E-state index contributed by atoms with van der Waals surface area (Å²) in [5.74, 6) is 0.791. The van der Waals surface area contributed by atoms with Crippen LogP contribution in [-0.2, 0) is 27.3 Å². The highest BCUT2D eigenvalue weighted by atomic mass is 19.1. The van der Waals surface area contributed by atoms with Crippen LogP contribution in [0.15, 0.2) is 54.9 Å². The third-order valence-electron chi connectivity index (χ3n) is 7.89. The fourth-order valence-electron chi connectivity index (χ4n) is 5.68. The van der Waals surface area contributed by atoms with Gasteiger partial charge >= 0.3 is 0 Å². The van der Waals surface area contributed by atoms with Gasteiger partial charge in [-0.3, -0.25) is 19.3 Å². The molecule has 3 aromatic rings. The normalized spacial score (nSPS) is 18.2. The van der Waals surface area contributed by atoms with Crippen LogP contribution in [0.4, 0.5) is 10.3 Å². The first-order valence-electron chi connectivity index (χ1n) is 15.3. The van der Waals surface area contributed by atoms with Crippen molar-refractivity contribution in [3.05, 3.63) is 77.4 Å². The van der Waals surface area contributed by atoms with Gasteiger partial charge in [-0.15, -0.1) is 0 Å². The highest BCUT2D eigenvalue weighted by Crippen LogP contribution is 2.38. The molecule has 12 nitrogen and oxygen atoms in total. The van der Waals surface area contributed by atoms with Gasteiger partial charge < -0.3 is 30.1 Å². The standard InChI is InChI=1S/C32H39FN6O4.CH2O2/c1-3-9-35-32-36-17-23(18-37-32)19-38-20-26-24-7-8-28(42-2)29(16-24)43-13-12-39(11-10-34-31(41)27(26)21-38)30(40)15-22-5-4-6-25(33)14-22;2-1-3/h4-8,14,16-18,26-27H,3,9-13,15,19-21H2,1-2H3,(H,34,41)(H,35,36,37);1H,(H,2,3)/t26-,27+;/m1./s1. The van der Waals surface area contributed by atoms with Gasteiger partial charge in [-0.05, 0) is 41.8 Å². The topological polar surface area (TPSA) is 146 Å². The largest absolute Gasteiger partial charge is 0.493 e. The lowest BCUT2D eigenvalue weighted by Gasteiger charge is -2.24. The summed E-state index contributed by atoms with van der Waals surface area (Å²) in [5, 5.41) is 13.2. The average molecular weight is 637 g/mol. The van der Waals surface area contributed by atoms with Crippen molar-refractivity contribution >= 4 is 24.2 Å². The van der Waals surface area contributed by atoms with Gasteiger partial charge in [-0.2, -0.15) is 0 Å². The van der Waals surface area contributed by atoms with Crippen molar-refractivity contribution in [2.75, 3.05) is 58.3 Å². The molecule has 3 heterocycles. The molecule has 2 atom stereocenters. The lowest BCUT2D eigenvalue weighted by atomic mass is 9.88. The van der Waals surface area contributed by atoms with E-state index in [4.69, 9.17) is 19.4 Å². The van der Waals surface area contributed by atoms with E-state index in [-0.39, 0.29) is 49.0 Å². The average Bonchev–Trinajstić information content (AvgIpc) is 3.47. The molecule has 0 unspecified atom stereocenters. The van der Waals surface area contributed by atoms with Crippen molar-refractivity contribution in [1.29, 1.82) is 0 Å². The Balaban J connectivity index is 0.00000154. The van der Waals surface area contributed by atoms with Crippen molar-refractivity contribution in [3.63, 3.8) is 0 Å². The van der Waals surface area contributed by atoms with E-state index in [2.05, 4.69) is 32.4 Å². The minimum atomic E-state index is -0.383. The number of methoxy groups -OCH3 is 1. The molecule has 2 aliphatic heterocycles. The lowest BCUT2D eigenvalue weighted by Crippen LogP contribution is -2.43. The van der Waals surface area contributed by atoms with E-state index in [9.17, 15) is 14.0 Å². The third-order valence-corrected chi connectivity index (χ3v) is 7.89. The van der Waals surface area contributed by atoms with E-state index < -0.39 is 0 Å². The van der Waals surface area contributed by atoms with Crippen molar-refractivity contribution in [2.45, 2.75) is 32.2 Å². The van der Waals surface area contributed by atoms with Gasteiger partial charge in [0.05, 0.1) is 26.0 Å². The number of rotatable bonds is 8. The summed E-state index contributed by atoms with van der Waals surface area (Å²) in [5.41, 5.74) is 2.56. The highest BCUT2D eigenvalue weighted by Gasteiger charge is 2.39. The predicted molar refractivity (Wildman–Crippen MR) is 169 cm³/mol. The zero-order chi connectivity index (χ0) is 32.9. The van der Waals surface area contributed by atoms with E-state index >= 15 is 0 Å². The molecule has 2 aromatic carbocycles. The maximum Gasteiger partial charge on any atom is 0.290 e. The van der Waals surface area contributed by atoms with Crippen LogP contribution in [0, 0.1) is 11.7 Å². The lowest BCUT2D eigenvalue weighted by molar-refractivity contribution is -0.131. The quantitative estimate of drug-likeness (QED) is 0.316. The number of anilines is 1. The number of likely N-dealkylation sites (tertiary alicyclic amines) is 1. The summed E-state index contributed by atoms with van der Waals surface area (Å²) in [6, 6.07) is 11.8. The van der Waals surface area contributed by atoms with Gasteiger partial charge in [0.1, 0.15) is 12.4 Å². The first kappa shape index (κ1) is 34.1. The number of amides is 2. The van der Waals surface area contributed by atoms with Gasteiger partial charge in [0.25, 0.3) is 6.47 Å². The molecule has 2 bridgehead atoms. The van der Waals surface area contributed by atoms with Crippen LogP contribution in [0.5, 0.6) is 11.5 Å². The molecule has 13 heteroatoms. The summed E-state index contributed by atoms with van der Waals surface area (Å²) >= 11 is 0. The number of carbonyl (C=O) groups is 3. The Labute approximate surface area is 267 Å². The summed E-state index contributed by atoms with van der Waals surface area (Å²) in [7, 11) is 1.59. The molecule has 246 valence electrons. The monoisotopic (exact) mass is 636 g/mol. The maximum absolute atomic E-state index is 13.7. The van der Waals surface area contributed by atoms with E-state index in [1.165, 1.54) is 12.1 Å². The zero-order valence-corrected chi connectivity index (χ0v) is 26.2. The SMILES string of the molecule is CCCNc1ncc(CN2C[C@@H]3C(=O)NCCN(C(=O)Cc4cccc(F)c4)CCOc4cc(ccc4OC)[C@H]3C2)cn1.O=CO. The summed E-state index contributed by atoms with van der Waals surface area (Å²) in [6.45, 7) is 5.69. The van der Waals surface area contributed by atoms with Crippen LogP contribution in [0.25, 0.3) is 0 Å². The van der Waals surface area contributed by atoms with Crippen molar-refractivity contribution in [2.24, 2.45) is 5.92 Å². The number of hydrogen-bond acceptors (Lipinski definition) is 9. The van der Waals surface area contributed by atoms with Crippen molar-refractivity contribution in [3.8, 4) is 11.5 Å². The Morgan fingerprint density at radius 3 is 2.63 bits per heavy atom. The fraction of sp³-hybridized carbons (Fsp3) is 0.424. The van der Waals surface area contributed by atoms with Crippen LogP contribution in [0.2, 0.25) is 0 Å². The van der Waals surface area contributed by atoms with E-state index in [0.29, 0.717) is 62.3 Å². The minimum Gasteiger partial charge on any atom is -0.493 e. The van der Waals surface area contributed by atoms with Crippen LogP contribution in [-0.4, -0.2) is 96.1 Å². The Kier molecular flexibility index (Phi) is 12.6. The first-order chi connectivity index (χ1) is 22.3. The molecule has 1 saturated heterocycles. The molecule has 0 radical (unpaired) electrons. The summed E-state index contributed by atoms with van der Waals surface area (Å²) < 4.78 is 25.4. The Morgan fingerprint density at radius 2 is 1.91 bits per heavy atom. The molecule has 1 aromatic heterocycles. The zero-order valence-electron chi connectivity index (χ0n) is 26.2. The second kappa shape index (κ2) is 17.1. The molecular weight excluding hydrogens is 595 g/mol. The minimum absolute atomic E-state index is 0.0575. The molecule has 2 aliphatic rings. The molecule has 1 fully saturated rings. The number of carboxylic acid groups (broad SMARTS) is 1. The van der Waals surface area contributed by atoms with Gasteiger partial charge in [0.15, 0.2) is 11.5 Å². The summed E-state index contributed by atoms with van der Waals surface area (Å²) in [4.78, 5) is 47.9. The van der Waals surface area contributed by atoms with E-state index in [0.717, 1.165) is 24.1 Å². The molecule has 5 rings (SSSR count). The van der Waals surface area contributed by atoms with Gasteiger partial charge in [0, 0.05) is 63.1 Å². The number of carbonyl (C=O) groups excluding carboxylic acids is 2. The van der Waals surface area contributed by atoms with E-state index in [1.807, 2.05) is 30.6 Å². The molecule has 0 spiro atoms. The molecule has 3 N–H and O–H groups in total. The molecule has 2 amide bonds. The first-order valence-corrected chi connectivity index (χ1v) is 15.3. The van der Waals surface area contributed by atoms with Crippen molar-refractivity contribution < 1.29 is 33.4 Å². The molecular formula is C33H41FN6O6. The number of hydrogen-bond donors (Lipinski definition) is 3. The van der Waals surface area contributed by atoms with Crippen LogP contribution in [0.1, 0.15) is 36.0 Å². The second-order valence-corrected chi connectivity index (χ2v) is 11.1. The third kappa shape index (κ3) is 9.36. The number of nitrogens with zero attached hydrogens (tertiary/aromatic N) is 4. The van der Waals surface area contributed by atoms with Gasteiger partial charge in [-0.1, -0.05) is 25.1 Å². The number of benzene rings is 2. The van der Waals surface area contributed by atoms with Crippen LogP contribution < -0.4 is 20.1 Å². The van der Waals surface area contributed by atoms with Crippen molar-refractivity contribution in [1.82, 2.24) is 25.1 Å². The highest BCUT2D eigenvalue weighted by molar-refractivity contribution is 5.81. The Bertz CT molecular complexity index is 1460. The number of fused-ring (bicyclic) bond motifs is 4. The van der Waals surface area contributed by atoms with Crippen LogP contribution >= 0.6 is 0 Å². The number of halogens is 1. The van der Waals surface area contributed by atoms with E-state index in [1.54, 1.807) is 24.1 Å². The molecule has 0 aliphatic carbocycles. The Hall–Kier alpha value is -4.78. The molecule has 0 saturated carbocycles. The van der Waals surface area contributed by atoms with Crippen LogP contribution in [0.3, 0.4) is 0 Å². The maximum atomic E-state index is 13.7. The Morgan fingerprint density at radius 1 is 1.15 bits per heavy atom. The second-order valence-electron chi connectivity index (χ2n) is 11.1. The van der Waals surface area contributed by atoms with Gasteiger partial charge in [0.2, 0.25) is 17.8 Å². The number of nitrogens with one attached hydrogen (secondary N) is 2. The molecule has 46 heavy (non-hydrogen) atoms. The summed E-state index contributed by atoms with van der Waals surface area (Å²) in [6.07, 6.45) is 4.71. The van der Waals surface area contributed by atoms with Gasteiger partial charge in [-0.25, -0.2) is 14.4 Å². The number of aromatic nitrogens is 2. The predicted octanol–water partition coefficient (Wildman–Crippen LogP) is 2.94. The number of ether oxygens (including phenoxy) is 2.